The molecule has 0 spiro atoms. The molecule has 0 fully saturated rings. The minimum Gasteiger partial charge on any atom is -0.351 e. The summed E-state index contributed by atoms with van der Waals surface area (Å²) in [5, 5.41) is 3.24. The summed E-state index contributed by atoms with van der Waals surface area (Å²) in [6.07, 6.45) is 2.26. The highest BCUT2D eigenvalue weighted by Crippen LogP contribution is 2.19. The van der Waals surface area contributed by atoms with Crippen molar-refractivity contribution in [1.29, 1.82) is 0 Å². The van der Waals surface area contributed by atoms with E-state index in [0.29, 0.717) is 29.4 Å². The van der Waals surface area contributed by atoms with Crippen molar-refractivity contribution < 1.29 is 13.2 Å². The molecule has 8 heteroatoms. The number of nitrogens with one attached hydrogen (secondary N) is 2. The van der Waals surface area contributed by atoms with Gasteiger partial charge in [0, 0.05) is 30.9 Å². The van der Waals surface area contributed by atoms with E-state index in [1.54, 1.807) is 28.8 Å². The molecule has 6 nitrogen and oxygen atoms in total. The number of halogens is 1. The van der Waals surface area contributed by atoms with Gasteiger partial charge in [0.05, 0.1) is 0 Å². The lowest BCUT2D eigenvalue weighted by atomic mass is 10.2. The summed E-state index contributed by atoms with van der Waals surface area (Å²) in [7, 11) is -3.71. The number of carbonyl (C=O) groups excluding carboxylic acids is 1. The van der Waals surface area contributed by atoms with E-state index >= 15 is 0 Å². The van der Waals surface area contributed by atoms with E-state index in [9.17, 15) is 13.2 Å². The van der Waals surface area contributed by atoms with Crippen molar-refractivity contribution >= 4 is 27.5 Å². The van der Waals surface area contributed by atoms with Gasteiger partial charge in [-0.05, 0) is 24.1 Å². The highest BCUT2D eigenvalue weighted by Gasteiger charge is 2.22. The van der Waals surface area contributed by atoms with Crippen LogP contribution in [-0.4, -0.2) is 25.4 Å². The van der Waals surface area contributed by atoms with Gasteiger partial charge >= 0.3 is 0 Å². The monoisotopic (exact) mass is 353 g/mol. The molecule has 0 bridgehead atoms. The van der Waals surface area contributed by atoms with Crippen LogP contribution in [0.1, 0.15) is 22.5 Å². The molecule has 0 saturated heterocycles. The molecule has 1 aliphatic rings. The molecule has 2 heterocycles. The van der Waals surface area contributed by atoms with Gasteiger partial charge in [0.25, 0.3) is 5.91 Å². The van der Waals surface area contributed by atoms with E-state index in [1.165, 1.54) is 12.3 Å². The second-order valence-electron chi connectivity index (χ2n) is 5.28. The van der Waals surface area contributed by atoms with Crippen LogP contribution in [0, 0.1) is 0 Å². The van der Waals surface area contributed by atoms with Crippen molar-refractivity contribution in [3.63, 3.8) is 0 Å². The Balaban J connectivity index is 1.82. The van der Waals surface area contributed by atoms with E-state index in [1.807, 2.05) is 0 Å². The van der Waals surface area contributed by atoms with Crippen LogP contribution in [0.2, 0.25) is 5.02 Å². The lowest BCUT2D eigenvalue weighted by molar-refractivity contribution is 0.0951. The number of sulfonamides is 1. The van der Waals surface area contributed by atoms with Crippen molar-refractivity contribution in [2.45, 2.75) is 24.4 Å². The van der Waals surface area contributed by atoms with E-state index in [0.717, 1.165) is 6.42 Å². The lowest BCUT2D eigenvalue weighted by Crippen LogP contribution is -2.24. The summed E-state index contributed by atoms with van der Waals surface area (Å²) in [6.45, 7) is 1.29. The number of aromatic nitrogens is 1. The molecule has 1 aromatic heterocycles. The van der Waals surface area contributed by atoms with Gasteiger partial charge in [-0.2, -0.15) is 0 Å². The molecule has 0 radical (unpaired) electrons. The Kier molecular flexibility index (Phi) is 4.43. The average molecular weight is 354 g/mol. The first-order valence-electron chi connectivity index (χ1n) is 7.19. The number of fused-ring (bicyclic) bond motifs is 1. The maximum atomic E-state index is 12.4. The fraction of sp³-hybridized carbons (Fsp3) is 0.267. The minimum absolute atomic E-state index is 0.0802. The Morgan fingerprint density at radius 1 is 1.30 bits per heavy atom. The van der Waals surface area contributed by atoms with Crippen LogP contribution in [0.15, 0.2) is 41.4 Å². The van der Waals surface area contributed by atoms with Crippen molar-refractivity contribution in [3.8, 4) is 0 Å². The molecular formula is C15H16ClN3O3S. The second kappa shape index (κ2) is 6.35. The summed E-state index contributed by atoms with van der Waals surface area (Å²) >= 11 is 6.03. The quantitative estimate of drug-likeness (QED) is 0.878. The predicted octanol–water partition coefficient (Wildman–Crippen LogP) is 1.75. The Hall–Kier alpha value is -1.83. The summed E-state index contributed by atoms with van der Waals surface area (Å²) in [5.41, 5.74) is 1.05. The number of carbonyl (C=O) groups is 1. The Morgan fingerprint density at radius 3 is 2.87 bits per heavy atom. The van der Waals surface area contributed by atoms with Crippen molar-refractivity contribution in [3.05, 3.63) is 52.8 Å². The first-order chi connectivity index (χ1) is 11.0. The van der Waals surface area contributed by atoms with Crippen LogP contribution >= 0.6 is 11.6 Å². The first-order valence-corrected chi connectivity index (χ1v) is 9.05. The van der Waals surface area contributed by atoms with Gasteiger partial charge in [-0.25, -0.2) is 13.1 Å². The molecule has 122 valence electrons. The third kappa shape index (κ3) is 3.41. The van der Waals surface area contributed by atoms with Gasteiger partial charge < -0.3 is 9.88 Å². The highest BCUT2D eigenvalue weighted by molar-refractivity contribution is 7.89. The molecule has 0 aliphatic carbocycles. The van der Waals surface area contributed by atoms with Crippen LogP contribution < -0.4 is 10.0 Å². The molecule has 0 unspecified atom stereocenters. The Morgan fingerprint density at radius 2 is 2.09 bits per heavy atom. The summed E-state index contributed by atoms with van der Waals surface area (Å²) in [6, 6.07) is 8.43. The van der Waals surface area contributed by atoms with E-state index in [4.69, 9.17) is 11.6 Å². The van der Waals surface area contributed by atoms with E-state index in [-0.39, 0.29) is 17.3 Å². The van der Waals surface area contributed by atoms with Crippen LogP contribution in [0.5, 0.6) is 0 Å². The van der Waals surface area contributed by atoms with Gasteiger partial charge in [-0.3, -0.25) is 4.79 Å². The van der Waals surface area contributed by atoms with Crippen molar-refractivity contribution in [2.24, 2.45) is 0 Å². The zero-order valence-electron chi connectivity index (χ0n) is 12.3. The van der Waals surface area contributed by atoms with Crippen LogP contribution in [0.4, 0.5) is 0 Å². The maximum absolute atomic E-state index is 12.4. The number of rotatable bonds is 4. The second-order valence-corrected chi connectivity index (χ2v) is 7.45. The topological polar surface area (TPSA) is 80.2 Å². The zero-order chi connectivity index (χ0) is 16.4. The number of benzene rings is 1. The normalized spacial score (nSPS) is 14.9. The molecule has 1 amide bonds. The largest absolute Gasteiger partial charge is 0.351 e. The maximum Gasteiger partial charge on any atom is 0.267 e. The van der Waals surface area contributed by atoms with Gasteiger partial charge in [-0.1, -0.05) is 29.8 Å². The molecule has 23 heavy (non-hydrogen) atoms. The van der Waals surface area contributed by atoms with E-state index < -0.39 is 10.0 Å². The standard InChI is InChI=1S/C15H16ClN3O3S/c16-13-5-2-1-4-11(13)9-18-23(21,22)12-8-14-15(20)17-6-3-7-19(14)10-12/h1-2,4-5,8,10,18H,3,6-7,9H2,(H,17,20). The highest BCUT2D eigenvalue weighted by atomic mass is 35.5. The summed E-state index contributed by atoms with van der Waals surface area (Å²) < 4.78 is 29.0. The number of hydrogen-bond donors (Lipinski definition) is 2. The van der Waals surface area contributed by atoms with Gasteiger partial charge in [0.2, 0.25) is 10.0 Å². The number of nitrogens with zero attached hydrogens (tertiary/aromatic N) is 1. The van der Waals surface area contributed by atoms with Gasteiger partial charge in [0.15, 0.2) is 0 Å². The van der Waals surface area contributed by atoms with Crippen LogP contribution in [-0.2, 0) is 23.1 Å². The van der Waals surface area contributed by atoms with Crippen LogP contribution in [0.25, 0.3) is 0 Å². The SMILES string of the molecule is O=C1NCCCn2cc(S(=O)(=O)NCc3ccccc3Cl)cc21. The van der Waals surface area contributed by atoms with Crippen LogP contribution in [0.3, 0.4) is 0 Å². The predicted molar refractivity (Wildman–Crippen MR) is 86.9 cm³/mol. The summed E-state index contributed by atoms with van der Waals surface area (Å²) in [4.78, 5) is 12.0. The third-order valence-electron chi connectivity index (χ3n) is 3.69. The lowest BCUT2D eigenvalue weighted by Gasteiger charge is -2.06. The first kappa shape index (κ1) is 16.0. The number of aryl methyl sites for hydroxylation is 1. The van der Waals surface area contributed by atoms with Crippen molar-refractivity contribution in [1.82, 2.24) is 14.6 Å². The fourth-order valence-electron chi connectivity index (χ4n) is 2.45. The smallest absolute Gasteiger partial charge is 0.267 e. The Labute approximate surface area is 139 Å². The average Bonchev–Trinajstić information content (AvgIpc) is 2.89. The molecule has 1 aliphatic heterocycles. The zero-order valence-corrected chi connectivity index (χ0v) is 13.8. The molecule has 1 aromatic carbocycles. The fourth-order valence-corrected chi connectivity index (χ4v) is 3.69. The van der Waals surface area contributed by atoms with Gasteiger partial charge in [0.1, 0.15) is 10.6 Å². The van der Waals surface area contributed by atoms with Crippen molar-refractivity contribution in [2.75, 3.05) is 6.54 Å². The molecule has 0 saturated carbocycles. The molecule has 0 atom stereocenters. The Bertz CT molecular complexity index is 845. The third-order valence-corrected chi connectivity index (χ3v) is 5.42. The number of hydrogen-bond acceptors (Lipinski definition) is 3. The molecule has 2 aromatic rings. The molecule has 3 rings (SSSR count). The minimum atomic E-state index is -3.71. The van der Waals surface area contributed by atoms with E-state index in [2.05, 4.69) is 10.0 Å². The number of amides is 1. The molecule has 2 N–H and O–H groups in total. The summed E-state index contributed by atoms with van der Waals surface area (Å²) in [5.74, 6) is -0.255. The van der Waals surface area contributed by atoms with Gasteiger partial charge in [-0.15, -0.1) is 0 Å². The molecular weight excluding hydrogens is 338 g/mol.